The Morgan fingerprint density at radius 1 is 1.27 bits per heavy atom. The van der Waals surface area contributed by atoms with Gasteiger partial charge in [0, 0.05) is 68.1 Å². The predicted molar refractivity (Wildman–Crippen MR) is 171 cm³/mol. The minimum atomic E-state index is -0.126. The summed E-state index contributed by atoms with van der Waals surface area (Å²) in [5.41, 5.74) is 4.92. The molecular weight excluding hydrogens is 536 g/mol. The van der Waals surface area contributed by atoms with Gasteiger partial charge in [-0.05, 0) is 57.3 Å². The predicted octanol–water partition coefficient (Wildman–Crippen LogP) is 5.21. The lowest BCUT2D eigenvalue weighted by molar-refractivity contribution is -0.115. The van der Waals surface area contributed by atoms with Crippen molar-refractivity contribution in [3.05, 3.63) is 54.5 Å². The Morgan fingerprint density at radius 3 is 2.78 bits per heavy atom. The van der Waals surface area contributed by atoms with Gasteiger partial charge in [0.05, 0.1) is 30.2 Å². The molecule has 3 aromatic rings. The summed E-state index contributed by atoms with van der Waals surface area (Å²) in [5, 5.41) is 11.1. The molecule has 218 valence electrons. The summed E-state index contributed by atoms with van der Waals surface area (Å²) in [7, 11) is 1.59. The van der Waals surface area contributed by atoms with Gasteiger partial charge in [0.15, 0.2) is 0 Å². The first kappa shape index (κ1) is 30.3. The topological polar surface area (TPSA) is 111 Å². The van der Waals surface area contributed by atoms with E-state index in [1.54, 1.807) is 19.5 Å². The van der Waals surface area contributed by atoms with Crippen LogP contribution in [0.2, 0.25) is 0 Å². The van der Waals surface area contributed by atoms with Crippen LogP contribution in [-0.4, -0.2) is 89.2 Å². The summed E-state index contributed by atoms with van der Waals surface area (Å²) in [4.78, 5) is 26.5. The van der Waals surface area contributed by atoms with Gasteiger partial charge in [-0.25, -0.2) is 4.98 Å². The normalized spacial score (nSPS) is 16.9. The van der Waals surface area contributed by atoms with Gasteiger partial charge in [0.25, 0.3) is 0 Å². The number of nitrogens with zero attached hydrogens (tertiary/aromatic N) is 5. The highest BCUT2D eigenvalue weighted by Gasteiger charge is 2.25. The van der Waals surface area contributed by atoms with Crippen LogP contribution in [0.15, 0.2) is 59.5 Å². The molecule has 0 radical (unpaired) electrons. The van der Waals surface area contributed by atoms with Crippen LogP contribution >= 0.6 is 11.9 Å². The fourth-order valence-electron chi connectivity index (χ4n) is 5.17. The Hall–Kier alpha value is -3.67. The number of ether oxygens (including phenoxy) is 1. The van der Waals surface area contributed by atoms with Crippen LogP contribution in [0.1, 0.15) is 27.2 Å². The van der Waals surface area contributed by atoms with Crippen LogP contribution in [0.25, 0.3) is 22.0 Å². The van der Waals surface area contributed by atoms with Gasteiger partial charge in [-0.1, -0.05) is 24.1 Å². The molecule has 41 heavy (non-hydrogen) atoms. The highest BCUT2D eigenvalue weighted by molar-refractivity contribution is 7.99. The van der Waals surface area contributed by atoms with Crippen LogP contribution < -0.4 is 14.8 Å². The number of hydrogen-bond acceptors (Lipinski definition) is 9. The average Bonchev–Trinajstić information content (AvgIpc) is 3.44. The number of carbonyl (C=O) groups is 1. The number of carbonyl (C=O) groups excluding carboxylic acids is 1. The molecular formula is C30H40N8O2S. The molecule has 4 rings (SSSR count). The number of pyridine rings is 1. The van der Waals surface area contributed by atoms with Gasteiger partial charge in [0.2, 0.25) is 11.8 Å². The molecule has 0 bridgehead atoms. The Kier molecular flexibility index (Phi) is 10.6. The summed E-state index contributed by atoms with van der Waals surface area (Å²) in [6.45, 7) is 14.3. The number of nitrogens with one attached hydrogen (secondary N) is 3. The molecule has 3 heterocycles. The summed E-state index contributed by atoms with van der Waals surface area (Å²) < 4.78 is 8.56. The molecule has 1 aliphatic heterocycles. The quantitative estimate of drug-likeness (QED) is 0.153. The maximum atomic E-state index is 12.9. The fourth-order valence-corrected chi connectivity index (χ4v) is 5.54. The average molecular weight is 577 g/mol. The Balaban J connectivity index is 1.41. The molecule has 0 aliphatic carbocycles. The third-order valence-corrected chi connectivity index (χ3v) is 7.59. The minimum Gasteiger partial charge on any atom is -0.480 e. The molecule has 1 aromatic carbocycles. The van der Waals surface area contributed by atoms with E-state index in [9.17, 15) is 4.79 Å². The first-order chi connectivity index (χ1) is 19.8. The SMILES string of the molecule is C=N/C(=C\C=C/CC(=O)Nc1cc(-c2cnc(OC)c(NSC)c2)cc2[nH]ncc12)CN1CCN(C(C)C)C(C)C1. The van der Waals surface area contributed by atoms with Crippen molar-refractivity contribution in [2.75, 3.05) is 49.6 Å². The molecule has 1 fully saturated rings. The van der Waals surface area contributed by atoms with Crippen LogP contribution in [-0.2, 0) is 4.79 Å². The number of allylic oxidation sites excluding steroid dienone is 2. The molecule has 2 aromatic heterocycles. The van der Waals surface area contributed by atoms with E-state index in [1.165, 1.54) is 11.9 Å². The molecule has 1 atom stereocenters. The van der Waals surface area contributed by atoms with Crippen molar-refractivity contribution >= 4 is 46.9 Å². The molecule has 0 saturated carbocycles. The molecule has 0 spiro atoms. The van der Waals surface area contributed by atoms with E-state index in [-0.39, 0.29) is 12.3 Å². The lowest BCUT2D eigenvalue weighted by Crippen LogP contribution is -2.54. The molecule has 1 amide bonds. The van der Waals surface area contributed by atoms with E-state index >= 15 is 0 Å². The number of fused-ring (bicyclic) bond motifs is 1. The molecule has 1 aliphatic rings. The van der Waals surface area contributed by atoms with Crippen molar-refractivity contribution in [2.24, 2.45) is 4.99 Å². The first-order valence-electron chi connectivity index (χ1n) is 13.7. The zero-order valence-electron chi connectivity index (χ0n) is 24.5. The van der Waals surface area contributed by atoms with Crippen LogP contribution in [0.4, 0.5) is 11.4 Å². The van der Waals surface area contributed by atoms with Crippen molar-refractivity contribution in [2.45, 2.75) is 39.3 Å². The van der Waals surface area contributed by atoms with Crippen molar-refractivity contribution < 1.29 is 9.53 Å². The largest absolute Gasteiger partial charge is 0.480 e. The Morgan fingerprint density at radius 2 is 2.07 bits per heavy atom. The van der Waals surface area contributed by atoms with Crippen LogP contribution in [0.3, 0.4) is 0 Å². The highest BCUT2D eigenvalue weighted by Crippen LogP contribution is 2.34. The number of aliphatic imine (C=N–C) groups is 1. The van der Waals surface area contributed by atoms with Crippen molar-refractivity contribution in [3.8, 4) is 17.0 Å². The van der Waals surface area contributed by atoms with Gasteiger partial charge in [-0.2, -0.15) is 5.10 Å². The van der Waals surface area contributed by atoms with Gasteiger partial charge in [-0.3, -0.25) is 24.7 Å². The van der Waals surface area contributed by atoms with E-state index < -0.39 is 0 Å². The number of aromatic amines is 1. The van der Waals surface area contributed by atoms with Crippen molar-refractivity contribution in [3.63, 3.8) is 0 Å². The van der Waals surface area contributed by atoms with E-state index in [0.717, 1.165) is 59.6 Å². The number of anilines is 2. The van der Waals surface area contributed by atoms with E-state index in [4.69, 9.17) is 4.74 Å². The summed E-state index contributed by atoms with van der Waals surface area (Å²) in [6.07, 6.45) is 11.3. The van der Waals surface area contributed by atoms with Gasteiger partial charge in [0.1, 0.15) is 5.69 Å². The van der Waals surface area contributed by atoms with E-state index in [0.29, 0.717) is 23.7 Å². The first-order valence-corrected chi connectivity index (χ1v) is 15.0. The summed E-state index contributed by atoms with van der Waals surface area (Å²) in [5.74, 6) is 0.386. The second-order valence-electron chi connectivity index (χ2n) is 10.4. The maximum absolute atomic E-state index is 12.9. The number of hydrogen-bond donors (Lipinski definition) is 3. The molecule has 3 N–H and O–H groups in total. The number of piperazine rings is 1. The standard InChI is InChI=1S/C30H40N8O2S/c1-20(2)38-12-11-37(18-21(38)3)19-24(31-4)9-7-8-10-29(39)34-26-13-22(14-27-25(26)17-33-35-27)23-15-28(36-41-6)30(40-5)32-16-23/h7-9,13-17,20-21,36H,4,10-12,18-19H2,1-3,5-6H3,(H,33,35)(H,34,39)/b8-7-,24-9-. The third kappa shape index (κ3) is 7.75. The number of aromatic nitrogens is 3. The lowest BCUT2D eigenvalue weighted by Gasteiger charge is -2.42. The zero-order valence-corrected chi connectivity index (χ0v) is 25.3. The number of H-pyrrole nitrogens is 1. The molecule has 10 nitrogen and oxygen atoms in total. The van der Waals surface area contributed by atoms with Gasteiger partial charge < -0.3 is 14.8 Å². The smallest absolute Gasteiger partial charge is 0.237 e. The number of benzene rings is 1. The molecule has 11 heteroatoms. The second kappa shape index (κ2) is 14.3. The second-order valence-corrected chi connectivity index (χ2v) is 11.0. The van der Waals surface area contributed by atoms with Gasteiger partial charge >= 0.3 is 0 Å². The lowest BCUT2D eigenvalue weighted by atomic mass is 10.0. The Bertz CT molecular complexity index is 1420. The maximum Gasteiger partial charge on any atom is 0.237 e. The van der Waals surface area contributed by atoms with Crippen molar-refractivity contribution in [1.82, 2.24) is 25.0 Å². The van der Waals surface area contributed by atoms with Crippen LogP contribution in [0, 0.1) is 0 Å². The van der Waals surface area contributed by atoms with Gasteiger partial charge in [-0.15, -0.1) is 0 Å². The minimum absolute atomic E-state index is 0.126. The van der Waals surface area contributed by atoms with E-state index in [1.807, 2.05) is 42.7 Å². The Labute approximate surface area is 246 Å². The number of amides is 1. The third-order valence-electron chi connectivity index (χ3n) is 7.17. The monoisotopic (exact) mass is 576 g/mol. The summed E-state index contributed by atoms with van der Waals surface area (Å²) >= 11 is 1.46. The zero-order chi connectivity index (χ0) is 29.4. The van der Waals surface area contributed by atoms with Crippen molar-refractivity contribution in [1.29, 1.82) is 0 Å². The summed E-state index contributed by atoms with van der Waals surface area (Å²) in [6, 6.07) is 6.95. The molecule has 1 saturated heterocycles. The molecule has 1 unspecified atom stereocenters. The number of methoxy groups -OCH3 is 1. The van der Waals surface area contributed by atoms with E-state index in [2.05, 4.69) is 67.5 Å². The fraction of sp³-hybridized carbons (Fsp3) is 0.400. The highest BCUT2D eigenvalue weighted by atomic mass is 32.2. The van der Waals surface area contributed by atoms with Crippen LogP contribution in [0.5, 0.6) is 5.88 Å². The number of rotatable bonds is 12.